The highest BCUT2D eigenvalue weighted by atomic mass is 79.9. The minimum atomic E-state index is -1.27. The van der Waals surface area contributed by atoms with Gasteiger partial charge in [-0.2, -0.15) is 0 Å². The third-order valence-corrected chi connectivity index (χ3v) is 2.08. The molecule has 0 aliphatic heterocycles. The molecule has 1 aromatic rings. The molecular weight excluding hydrogens is 250 g/mol. The molecule has 0 bridgehead atoms. The van der Waals surface area contributed by atoms with E-state index in [-0.39, 0.29) is 6.61 Å². The summed E-state index contributed by atoms with van der Waals surface area (Å²) in [5, 5.41) is 9.03. The number of nitrogens with two attached hydrogens (primary N) is 1. The number of benzene rings is 1. The van der Waals surface area contributed by atoms with Gasteiger partial charge in [-0.05, 0) is 24.3 Å². The van der Waals surface area contributed by atoms with Crippen LogP contribution in [0.3, 0.4) is 0 Å². The second-order valence-electron chi connectivity index (χ2n) is 2.68. The zero-order valence-corrected chi connectivity index (χ0v) is 8.90. The van der Waals surface area contributed by atoms with Gasteiger partial charge in [0, 0.05) is 4.47 Å². The Labute approximate surface area is 89.8 Å². The van der Waals surface area contributed by atoms with Crippen LogP contribution in [0.1, 0.15) is 0 Å². The molecule has 1 aromatic carbocycles. The van der Waals surface area contributed by atoms with Crippen molar-refractivity contribution in [3.05, 3.63) is 28.7 Å². The lowest BCUT2D eigenvalue weighted by atomic mass is 10.3. The van der Waals surface area contributed by atoms with E-state index in [0.29, 0.717) is 5.75 Å². The van der Waals surface area contributed by atoms with Crippen molar-refractivity contribution in [3.63, 3.8) is 0 Å². The first-order valence-corrected chi connectivity index (χ1v) is 4.74. The number of carbonyl (C=O) groups is 1. The van der Waals surface area contributed by atoms with Crippen LogP contribution in [0.15, 0.2) is 28.7 Å². The number of carbonyl (C=O) groups excluding carboxylic acids is 1. The number of rotatable bonds is 4. The smallest absolute Gasteiger partial charge is 0.249 e. The second kappa shape index (κ2) is 4.97. The van der Waals surface area contributed by atoms with Crippen LogP contribution in [-0.2, 0) is 4.79 Å². The molecule has 5 heteroatoms. The standard InChI is InChI=1S/C9H10BrNO3/c10-6-1-3-7(4-2-6)14-5-8(12)9(11)13/h1-4,8,12H,5H2,(H2,11,13)/t8-/m1/s1. The van der Waals surface area contributed by atoms with E-state index in [1.54, 1.807) is 24.3 Å². The van der Waals surface area contributed by atoms with Crippen LogP contribution in [0, 0.1) is 0 Å². The van der Waals surface area contributed by atoms with Crippen LogP contribution in [0.2, 0.25) is 0 Å². The molecule has 1 atom stereocenters. The van der Waals surface area contributed by atoms with Crippen LogP contribution in [0.5, 0.6) is 5.75 Å². The first-order valence-electron chi connectivity index (χ1n) is 3.95. The van der Waals surface area contributed by atoms with Gasteiger partial charge in [0.05, 0.1) is 0 Å². The minimum Gasteiger partial charge on any atom is -0.490 e. The first kappa shape index (κ1) is 11.0. The number of amides is 1. The van der Waals surface area contributed by atoms with Crippen LogP contribution >= 0.6 is 15.9 Å². The monoisotopic (exact) mass is 259 g/mol. The summed E-state index contributed by atoms with van der Waals surface area (Å²) in [6.45, 7) is -0.128. The quantitative estimate of drug-likeness (QED) is 0.835. The van der Waals surface area contributed by atoms with Crippen molar-refractivity contribution in [1.82, 2.24) is 0 Å². The summed E-state index contributed by atoms with van der Waals surface area (Å²) in [5.74, 6) is -0.212. The highest BCUT2D eigenvalue weighted by molar-refractivity contribution is 9.10. The average Bonchev–Trinajstić information content (AvgIpc) is 2.16. The van der Waals surface area contributed by atoms with Crippen molar-refractivity contribution in [2.75, 3.05) is 6.61 Å². The van der Waals surface area contributed by atoms with Crippen LogP contribution < -0.4 is 10.5 Å². The summed E-state index contributed by atoms with van der Waals surface area (Å²) < 4.78 is 6.04. The molecule has 0 unspecified atom stereocenters. The highest BCUT2D eigenvalue weighted by Crippen LogP contribution is 2.16. The van der Waals surface area contributed by atoms with E-state index in [9.17, 15) is 4.79 Å². The zero-order valence-electron chi connectivity index (χ0n) is 7.31. The molecule has 1 amide bonds. The van der Waals surface area contributed by atoms with Gasteiger partial charge in [0.2, 0.25) is 5.91 Å². The van der Waals surface area contributed by atoms with Crippen LogP contribution in [0.25, 0.3) is 0 Å². The third kappa shape index (κ3) is 3.35. The Hall–Kier alpha value is -1.07. The number of hydrogen-bond acceptors (Lipinski definition) is 3. The van der Waals surface area contributed by atoms with Gasteiger partial charge in [-0.15, -0.1) is 0 Å². The summed E-state index contributed by atoms with van der Waals surface area (Å²) in [5.41, 5.74) is 4.85. The average molecular weight is 260 g/mol. The van der Waals surface area contributed by atoms with Gasteiger partial charge in [0.25, 0.3) is 0 Å². The van der Waals surface area contributed by atoms with E-state index in [2.05, 4.69) is 15.9 Å². The number of ether oxygens (including phenoxy) is 1. The molecule has 0 saturated heterocycles. The van der Waals surface area contributed by atoms with Gasteiger partial charge in [-0.1, -0.05) is 15.9 Å². The first-order chi connectivity index (χ1) is 6.59. The molecule has 0 saturated carbocycles. The molecule has 14 heavy (non-hydrogen) atoms. The fraction of sp³-hybridized carbons (Fsp3) is 0.222. The Morgan fingerprint density at radius 1 is 1.50 bits per heavy atom. The Morgan fingerprint density at radius 3 is 2.57 bits per heavy atom. The van der Waals surface area contributed by atoms with E-state index in [4.69, 9.17) is 15.6 Å². The maximum absolute atomic E-state index is 10.5. The molecule has 1 rings (SSSR count). The molecule has 0 spiro atoms. The molecule has 0 aliphatic rings. The molecule has 0 aliphatic carbocycles. The second-order valence-corrected chi connectivity index (χ2v) is 3.60. The third-order valence-electron chi connectivity index (χ3n) is 1.55. The Morgan fingerprint density at radius 2 is 2.07 bits per heavy atom. The summed E-state index contributed by atoms with van der Waals surface area (Å²) in [6.07, 6.45) is -1.27. The predicted octanol–water partition coefficient (Wildman–Crippen LogP) is 0.674. The Kier molecular flexibility index (Phi) is 3.91. The number of hydrogen-bond donors (Lipinski definition) is 2. The van der Waals surface area contributed by atoms with E-state index in [0.717, 1.165) is 4.47 Å². The lowest BCUT2D eigenvalue weighted by Crippen LogP contribution is -2.33. The molecule has 0 fully saturated rings. The van der Waals surface area contributed by atoms with E-state index in [1.807, 2.05) is 0 Å². The van der Waals surface area contributed by atoms with Gasteiger partial charge in [-0.25, -0.2) is 0 Å². The normalized spacial score (nSPS) is 12.1. The van der Waals surface area contributed by atoms with Crippen molar-refractivity contribution in [2.45, 2.75) is 6.10 Å². The summed E-state index contributed by atoms with van der Waals surface area (Å²) in [4.78, 5) is 10.5. The van der Waals surface area contributed by atoms with Crippen molar-refractivity contribution in [2.24, 2.45) is 5.73 Å². The van der Waals surface area contributed by atoms with Crippen molar-refractivity contribution < 1.29 is 14.6 Å². The number of aliphatic hydroxyl groups is 1. The Balaban J connectivity index is 2.46. The van der Waals surface area contributed by atoms with E-state index < -0.39 is 12.0 Å². The van der Waals surface area contributed by atoms with Gasteiger partial charge in [0.15, 0.2) is 6.10 Å². The molecular formula is C9H10BrNO3. The van der Waals surface area contributed by atoms with Gasteiger partial charge < -0.3 is 15.6 Å². The fourth-order valence-electron chi connectivity index (χ4n) is 0.788. The van der Waals surface area contributed by atoms with Crippen LogP contribution in [0.4, 0.5) is 0 Å². The summed E-state index contributed by atoms with van der Waals surface area (Å²) in [7, 11) is 0. The number of aliphatic hydroxyl groups excluding tert-OH is 1. The minimum absolute atomic E-state index is 0.128. The van der Waals surface area contributed by atoms with E-state index in [1.165, 1.54) is 0 Å². The molecule has 76 valence electrons. The molecule has 3 N–H and O–H groups in total. The maximum Gasteiger partial charge on any atom is 0.249 e. The maximum atomic E-state index is 10.5. The fourth-order valence-corrected chi connectivity index (χ4v) is 1.05. The molecule has 4 nitrogen and oxygen atoms in total. The largest absolute Gasteiger partial charge is 0.490 e. The highest BCUT2D eigenvalue weighted by Gasteiger charge is 2.10. The van der Waals surface area contributed by atoms with Crippen LogP contribution in [-0.4, -0.2) is 23.7 Å². The summed E-state index contributed by atoms with van der Waals surface area (Å²) in [6, 6.07) is 7.04. The van der Waals surface area contributed by atoms with E-state index >= 15 is 0 Å². The van der Waals surface area contributed by atoms with Gasteiger partial charge >= 0.3 is 0 Å². The lowest BCUT2D eigenvalue weighted by Gasteiger charge is -2.08. The van der Waals surface area contributed by atoms with Gasteiger partial charge in [-0.3, -0.25) is 4.79 Å². The lowest BCUT2D eigenvalue weighted by molar-refractivity contribution is -0.127. The predicted molar refractivity (Wildman–Crippen MR) is 54.8 cm³/mol. The molecule has 0 radical (unpaired) electrons. The van der Waals surface area contributed by atoms with Crippen molar-refractivity contribution in [1.29, 1.82) is 0 Å². The SMILES string of the molecule is NC(=O)[C@H](O)COc1ccc(Br)cc1. The topological polar surface area (TPSA) is 72.6 Å². The summed E-state index contributed by atoms with van der Waals surface area (Å²) >= 11 is 3.27. The molecule has 0 heterocycles. The van der Waals surface area contributed by atoms with Gasteiger partial charge in [0.1, 0.15) is 12.4 Å². The Bertz CT molecular complexity index is 312. The number of primary amides is 1. The number of halogens is 1. The molecule has 0 aromatic heterocycles. The van der Waals surface area contributed by atoms with Crippen molar-refractivity contribution >= 4 is 21.8 Å². The van der Waals surface area contributed by atoms with Crippen molar-refractivity contribution in [3.8, 4) is 5.75 Å². The zero-order chi connectivity index (χ0) is 10.6.